The maximum Gasteiger partial charge on any atom is 0.283 e. The van der Waals surface area contributed by atoms with Crippen molar-refractivity contribution in [2.45, 2.75) is 6.92 Å². The lowest BCUT2D eigenvalue weighted by Gasteiger charge is -2.07. The summed E-state index contributed by atoms with van der Waals surface area (Å²) in [7, 11) is 0. The Balaban J connectivity index is 2.59. The van der Waals surface area contributed by atoms with E-state index in [-0.39, 0.29) is 17.8 Å². The number of hydrogen-bond acceptors (Lipinski definition) is 4. The van der Waals surface area contributed by atoms with Crippen LogP contribution in [0, 0.1) is 13.7 Å². The molecule has 7 heteroatoms. The predicted octanol–water partition coefficient (Wildman–Crippen LogP) is 2.52. The molecule has 0 unspecified atom stereocenters. The Morgan fingerprint density at radius 3 is 2.85 bits per heavy atom. The predicted molar refractivity (Wildman–Crippen MR) is 83.8 cm³/mol. The number of carbonyl (C=O) groups excluding carboxylic acids is 1. The van der Waals surface area contributed by atoms with E-state index in [4.69, 9.17) is 4.74 Å². The topological polar surface area (TPSA) is 81.5 Å². The minimum absolute atomic E-state index is 0.0512. The molecule has 20 heavy (non-hydrogen) atoms. The van der Waals surface area contributed by atoms with Gasteiger partial charge in [-0.15, -0.1) is 0 Å². The maximum atomic E-state index is 11.9. The summed E-state index contributed by atoms with van der Waals surface area (Å²) in [6.07, 6.45) is 0. The molecule has 0 aliphatic carbocycles. The molecule has 0 saturated carbocycles. The van der Waals surface area contributed by atoms with Gasteiger partial charge in [0, 0.05) is 16.2 Å². The molecule has 0 bridgehead atoms. The van der Waals surface area contributed by atoms with Crippen molar-refractivity contribution in [2.75, 3.05) is 19.8 Å². The summed E-state index contributed by atoms with van der Waals surface area (Å²) in [5.74, 6) is -0.480. The molecule has 1 amide bonds. The Kier molecular flexibility index (Phi) is 6.59. The van der Waals surface area contributed by atoms with E-state index in [0.717, 1.165) is 5.57 Å². The number of nitro benzene ring substituents is 1. The van der Waals surface area contributed by atoms with Gasteiger partial charge in [0.15, 0.2) is 0 Å². The summed E-state index contributed by atoms with van der Waals surface area (Å²) in [4.78, 5) is 22.2. The largest absolute Gasteiger partial charge is 0.375 e. The quantitative estimate of drug-likeness (QED) is 0.255. The summed E-state index contributed by atoms with van der Waals surface area (Å²) in [6.45, 7) is 6.57. The van der Waals surface area contributed by atoms with Crippen molar-refractivity contribution in [3.05, 3.63) is 49.6 Å². The van der Waals surface area contributed by atoms with Crippen molar-refractivity contribution in [1.29, 1.82) is 0 Å². The van der Waals surface area contributed by atoms with Gasteiger partial charge in [0.2, 0.25) is 0 Å². The van der Waals surface area contributed by atoms with Gasteiger partial charge in [0.1, 0.15) is 5.56 Å². The summed E-state index contributed by atoms with van der Waals surface area (Å²) in [5.41, 5.74) is 0.747. The van der Waals surface area contributed by atoms with Crippen LogP contribution in [0.3, 0.4) is 0 Å². The third-order valence-electron chi connectivity index (χ3n) is 2.28. The second kappa shape index (κ2) is 7.95. The van der Waals surface area contributed by atoms with E-state index in [0.29, 0.717) is 16.8 Å². The Morgan fingerprint density at radius 2 is 2.25 bits per heavy atom. The Morgan fingerprint density at radius 1 is 1.55 bits per heavy atom. The van der Waals surface area contributed by atoms with Crippen molar-refractivity contribution in [3.63, 3.8) is 0 Å². The van der Waals surface area contributed by atoms with Crippen LogP contribution in [-0.2, 0) is 4.74 Å². The molecule has 1 aromatic carbocycles. The number of nitro groups is 1. The van der Waals surface area contributed by atoms with E-state index < -0.39 is 10.8 Å². The molecular formula is C13H15IN2O4. The van der Waals surface area contributed by atoms with E-state index in [1.165, 1.54) is 12.1 Å². The molecule has 0 atom stereocenters. The SMILES string of the molecule is C=C(C)COCCNC(=O)c1ccc(I)cc1[N+](=O)[O-]. The Hall–Kier alpha value is -1.48. The molecule has 1 rings (SSSR count). The van der Waals surface area contributed by atoms with Crippen molar-refractivity contribution >= 4 is 34.2 Å². The van der Waals surface area contributed by atoms with Crippen molar-refractivity contribution in [2.24, 2.45) is 0 Å². The average Bonchev–Trinajstić information content (AvgIpc) is 2.37. The van der Waals surface area contributed by atoms with E-state index in [1.54, 1.807) is 6.07 Å². The van der Waals surface area contributed by atoms with E-state index in [2.05, 4.69) is 11.9 Å². The molecule has 6 nitrogen and oxygen atoms in total. The van der Waals surface area contributed by atoms with Gasteiger partial charge in [-0.05, 0) is 41.6 Å². The second-order valence-electron chi connectivity index (χ2n) is 4.18. The normalized spacial score (nSPS) is 10.1. The minimum atomic E-state index is -0.561. The molecule has 0 spiro atoms. The number of nitrogens with zero attached hydrogens (tertiary/aromatic N) is 1. The zero-order chi connectivity index (χ0) is 15.1. The van der Waals surface area contributed by atoms with E-state index in [9.17, 15) is 14.9 Å². The zero-order valence-corrected chi connectivity index (χ0v) is 13.2. The number of hydrogen-bond donors (Lipinski definition) is 1. The Labute approximate surface area is 130 Å². The molecule has 1 N–H and O–H groups in total. The number of nitrogens with one attached hydrogen (secondary N) is 1. The third kappa shape index (κ3) is 5.25. The molecule has 0 heterocycles. The molecule has 0 aliphatic rings. The van der Waals surface area contributed by atoms with Gasteiger partial charge < -0.3 is 10.1 Å². The molecule has 0 aromatic heterocycles. The average molecular weight is 390 g/mol. The number of carbonyl (C=O) groups is 1. The fourth-order valence-corrected chi connectivity index (χ4v) is 1.90. The molecular weight excluding hydrogens is 375 g/mol. The van der Waals surface area contributed by atoms with Crippen LogP contribution in [0.15, 0.2) is 30.4 Å². The van der Waals surface area contributed by atoms with Gasteiger partial charge in [0.05, 0.1) is 18.1 Å². The molecule has 0 aliphatic heterocycles. The van der Waals surface area contributed by atoms with Gasteiger partial charge >= 0.3 is 0 Å². The smallest absolute Gasteiger partial charge is 0.283 e. The minimum Gasteiger partial charge on any atom is -0.375 e. The number of benzene rings is 1. The highest BCUT2D eigenvalue weighted by molar-refractivity contribution is 14.1. The fraction of sp³-hybridized carbons (Fsp3) is 0.308. The van der Waals surface area contributed by atoms with Gasteiger partial charge in [0.25, 0.3) is 11.6 Å². The number of ether oxygens (including phenoxy) is 1. The first kappa shape index (κ1) is 16.6. The molecule has 0 fully saturated rings. The molecule has 1 aromatic rings. The summed E-state index contributed by atoms with van der Waals surface area (Å²) < 4.78 is 5.93. The molecule has 0 radical (unpaired) electrons. The van der Waals surface area contributed by atoms with Crippen LogP contribution < -0.4 is 5.32 Å². The lowest BCUT2D eigenvalue weighted by atomic mass is 10.1. The van der Waals surface area contributed by atoms with Crippen LogP contribution in [0.2, 0.25) is 0 Å². The van der Waals surface area contributed by atoms with Gasteiger partial charge in [-0.25, -0.2) is 0 Å². The number of amides is 1. The number of rotatable bonds is 7. The monoisotopic (exact) mass is 390 g/mol. The highest BCUT2D eigenvalue weighted by Gasteiger charge is 2.19. The summed E-state index contributed by atoms with van der Waals surface area (Å²) in [5, 5.41) is 13.5. The van der Waals surface area contributed by atoms with Gasteiger partial charge in [-0.2, -0.15) is 0 Å². The molecule has 108 valence electrons. The van der Waals surface area contributed by atoms with Crippen molar-refractivity contribution in [1.82, 2.24) is 5.32 Å². The lowest BCUT2D eigenvalue weighted by Crippen LogP contribution is -2.28. The van der Waals surface area contributed by atoms with Crippen LogP contribution in [-0.4, -0.2) is 30.6 Å². The Bertz CT molecular complexity index is 531. The second-order valence-corrected chi connectivity index (χ2v) is 5.43. The van der Waals surface area contributed by atoms with E-state index in [1.807, 2.05) is 29.5 Å². The first-order chi connectivity index (χ1) is 9.41. The van der Waals surface area contributed by atoms with Crippen molar-refractivity contribution < 1.29 is 14.5 Å². The zero-order valence-electron chi connectivity index (χ0n) is 11.0. The highest BCUT2D eigenvalue weighted by Crippen LogP contribution is 2.21. The summed E-state index contributed by atoms with van der Waals surface area (Å²) in [6, 6.07) is 4.47. The van der Waals surface area contributed by atoms with Gasteiger partial charge in [-0.1, -0.05) is 12.2 Å². The third-order valence-corrected chi connectivity index (χ3v) is 2.95. The van der Waals surface area contributed by atoms with E-state index >= 15 is 0 Å². The summed E-state index contributed by atoms with van der Waals surface area (Å²) >= 11 is 1.96. The first-order valence-electron chi connectivity index (χ1n) is 5.86. The fourth-order valence-electron chi connectivity index (χ4n) is 1.43. The van der Waals surface area contributed by atoms with Crippen LogP contribution in [0.25, 0.3) is 0 Å². The van der Waals surface area contributed by atoms with Crippen molar-refractivity contribution in [3.8, 4) is 0 Å². The van der Waals surface area contributed by atoms with Crippen LogP contribution in [0.4, 0.5) is 5.69 Å². The lowest BCUT2D eigenvalue weighted by molar-refractivity contribution is -0.385. The van der Waals surface area contributed by atoms with Crippen LogP contribution in [0.5, 0.6) is 0 Å². The standard InChI is InChI=1S/C13H15IN2O4/c1-9(2)8-20-6-5-15-13(17)11-4-3-10(14)7-12(11)16(18)19/h3-4,7H,1,5-6,8H2,2H3,(H,15,17). The van der Waals surface area contributed by atoms with Crippen LogP contribution >= 0.6 is 22.6 Å². The van der Waals surface area contributed by atoms with Gasteiger partial charge in [-0.3, -0.25) is 14.9 Å². The molecule has 0 saturated heterocycles. The highest BCUT2D eigenvalue weighted by atomic mass is 127. The van der Waals surface area contributed by atoms with Crippen LogP contribution in [0.1, 0.15) is 17.3 Å². The maximum absolute atomic E-state index is 11.9. The first-order valence-corrected chi connectivity index (χ1v) is 6.94. The number of halogens is 1.